The molecule has 184 valence electrons. The summed E-state index contributed by atoms with van der Waals surface area (Å²) >= 11 is 0. The van der Waals surface area contributed by atoms with Crippen molar-refractivity contribution < 1.29 is 14.3 Å². The average Bonchev–Trinajstić information content (AvgIpc) is 3.23. The summed E-state index contributed by atoms with van der Waals surface area (Å²) in [7, 11) is 0. The van der Waals surface area contributed by atoms with E-state index < -0.39 is 5.97 Å². The zero-order valence-electron chi connectivity index (χ0n) is 21.3. The van der Waals surface area contributed by atoms with Gasteiger partial charge in [0.05, 0.1) is 18.0 Å². The highest BCUT2D eigenvalue weighted by atomic mass is 16.5. The third kappa shape index (κ3) is 5.64. The van der Waals surface area contributed by atoms with Crippen LogP contribution in [0.15, 0.2) is 54.6 Å². The van der Waals surface area contributed by atoms with Gasteiger partial charge in [0, 0.05) is 17.2 Å². The van der Waals surface area contributed by atoms with Gasteiger partial charge in [0.25, 0.3) is 5.91 Å². The molecule has 2 atom stereocenters. The Morgan fingerprint density at radius 3 is 2.49 bits per heavy atom. The average molecular weight is 474 g/mol. The lowest BCUT2D eigenvalue weighted by Crippen LogP contribution is -2.42. The Hall–Kier alpha value is -3.41. The molecule has 35 heavy (non-hydrogen) atoms. The van der Waals surface area contributed by atoms with Crippen molar-refractivity contribution in [3.05, 3.63) is 71.4 Å². The number of nitrogens with zero attached hydrogens (tertiary/aromatic N) is 2. The van der Waals surface area contributed by atoms with Gasteiger partial charge in [-0.1, -0.05) is 45.0 Å². The molecule has 0 radical (unpaired) electrons. The Labute approximate surface area is 207 Å². The number of nitrogens with one attached hydrogen (secondary N) is 1. The summed E-state index contributed by atoms with van der Waals surface area (Å²) < 4.78 is 6.91. The van der Waals surface area contributed by atoms with Gasteiger partial charge in [0.15, 0.2) is 5.69 Å². The summed E-state index contributed by atoms with van der Waals surface area (Å²) in [4.78, 5) is 25.4. The van der Waals surface area contributed by atoms with Crippen LogP contribution in [0.3, 0.4) is 0 Å². The molecular formula is C29H35N3O3. The Morgan fingerprint density at radius 2 is 1.83 bits per heavy atom. The number of amides is 1. The molecule has 1 amide bonds. The van der Waals surface area contributed by atoms with E-state index in [4.69, 9.17) is 4.74 Å². The van der Waals surface area contributed by atoms with Gasteiger partial charge in [-0.05, 0) is 80.3 Å². The predicted octanol–water partition coefficient (Wildman–Crippen LogP) is 5.97. The number of rotatable bonds is 6. The van der Waals surface area contributed by atoms with Crippen molar-refractivity contribution in [2.75, 3.05) is 6.61 Å². The zero-order chi connectivity index (χ0) is 25.2. The predicted molar refractivity (Wildman–Crippen MR) is 138 cm³/mol. The van der Waals surface area contributed by atoms with Gasteiger partial charge in [-0.25, -0.2) is 9.48 Å². The molecule has 0 spiro atoms. The van der Waals surface area contributed by atoms with Gasteiger partial charge >= 0.3 is 5.97 Å². The van der Waals surface area contributed by atoms with Gasteiger partial charge in [-0.3, -0.25) is 4.79 Å². The lowest BCUT2D eigenvalue weighted by Gasteiger charge is -2.39. The Bertz CT molecular complexity index is 1210. The molecule has 1 aromatic heterocycles. The molecule has 6 heteroatoms. The molecule has 3 aromatic rings. The fourth-order valence-electron chi connectivity index (χ4n) is 5.41. The molecule has 0 aliphatic heterocycles. The van der Waals surface area contributed by atoms with Crippen molar-refractivity contribution in [1.82, 2.24) is 15.1 Å². The third-order valence-corrected chi connectivity index (χ3v) is 6.71. The van der Waals surface area contributed by atoms with Crippen molar-refractivity contribution in [2.24, 2.45) is 11.3 Å². The second-order valence-corrected chi connectivity index (χ2v) is 10.5. The SMILES string of the molecule is CCOC(=O)c1cc(-c2ccccc2C)n(-c2ccc(C(=O)N[C@@H]3C[C@@H](C)CC(C)(C)C3)cc2)n1. The molecule has 2 aromatic carbocycles. The van der Waals surface area contributed by atoms with Crippen LogP contribution in [0.5, 0.6) is 0 Å². The maximum Gasteiger partial charge on any atom is 0.358 e. The molecule has 1 heterocycles. The van der Waals surface area contributed by atoms with Crippen molar-refractivity contribution in [2.45, 2.75) is 59.9 Å². The van der Waals surface area contributed by atoms with E-state index in [0.29, 0.717) is 11.5 Å². The van der Waals surface area contributed by atoms with Crippen LogP contribution in [0.2, 0.25) is 0 Å². The second-order valence-electron chi connectivity index (χ2n) is 10.5. The topological polar surface area (TPSA) is 73.2 Å². The van der Waals surface area contributed by atoms with Crippen LogP contribution in [0.4, 0.5) is 0 Å². The largest absolute Gasteiger partial charge is 0.461 e. The molecule has 1 fully saturated rings. The van der Waals surface area contributed by atoms with E-state index in [9.17, 15) is 9.59 Å². The summed E-state index contributed by atoms with van der Waals surface area (Å²) in [5.41, 5.74) is 4.71. The first kappa shape index (κ1) is 24.7. The number of carbonyl (C=O) groups excluding carboxylic acids is 2. The number of hydrogen-bond acceptors (Lipinski definition) is 4. The highest BCUT2D eigenvalue weighted by Crippen LogP contribution is 2.38. The molecule has 0 unspecified atom stereocenters. The Balaban J connectivity index is 1.60. The van der Waals surface area contributed by atoms with Crippen molar-refractivity contribution in [3.8, 4) is 16.9 Å². The number of hydrogen-bond donors (Lipinski definition) is 1. The molecule has 1 aliphatic rings. The van der Waals surface area contributed by atoms with Crippen LogP contribution in [-0.2, 0) is 4.74 Å². The number of ether oxygens (including phenoxy) is 1. The van der Waals surface area contributed by atoms with Crippen LogP contribution in [-0.4, -0.2) is 34.3 Å². The van der Waals surface area contributed by atoms with E-state index in [1.54, 1.807) is 17.7 Å². The summed E-state index contributed by atoms with van der Waals surface area (Å²) in [6, 6.07) is 17.3. The minimum Gasteiger partial charge on any atom is -0.461 e. The Kier molecular flexibility index (Phi) is 7.10. The number of aryl methyl sites for hydroxylation is 1. The molecule has 6 nitrogen and oxygen atoms in total. The first-order valence-corrected chi connectivity index (χ1v) is 12.4. The van der Waals surface area contributed by atoms with Crippen LogP contribution >= 0.6 is 0 Å². The molecular weight excluding hydrogens is 438 g/mol. The van der Waals surface area contributed by atoms with Gasteiger partial charge in [0.1, 0.15) is 0 Å². The molecule has 1 aliphatic carbocycles. The lowest BCUT2D eigenvalue weighted by atomic mass is 9.70. The quantitative estimate of drug-likeness (QED) is 0.448. The normalized spacial score (nSPS) is 19.2. The van der Waals surface area contributed by atoms with E-state index in [1.807, 2.05) is 55.5 Å². The first-order valence-electron chi connectivity index (χ1n) is 12.4. The monoisotopic (exact) mass is 473 g/mol. The summed E-state index contributed by atoms with van der Waals surface area (Å²) in [6.45, 7) is 10.9. The highest BCUT2D eigenvalue weighted by molar-refractivity contribution is 5.94. The fraction of sp³-hybridized carbons (Fsp3) is 0.414. The fourth-order valence-corrected chi connectivity index (χ4v) is 5.41. The summed E-state index contributed by atoms with van der Waals surface area (Å²) in [5.74, 6) is 0.0830. The number of carbonyl (C=O) groups is 2. The lowest BCUT2D eigenvalue weighted by molar-refractivity contribution is 0.0518. The molecule has 0 bridgehead atoms. The zero-order valence-corrected chi connectivity index (χ0v) is 21.3. The number of aromatic nitrogens is 2. The van der Waals surface area contributed by atoms with Crippen LogP contribution in [0, 0.1) is 18.3 Å². The van der Waals surface area contributed by atoms with E-state index >= 15 is 0 Å². The number of esters is 1. The maximum absolute atomic E-state index is 13.0. The summed E-state index contributed by atoms with van der Waals surface area (Å²) in [6.07, 6.45) is 3.19. The van der Waals surface area contributed by atoms with Crippen LogP contribution in [0.1, 0.15) is 73.4 Å². The molecule has 0 saturated heterocycles. The number of benzene rings is 2. The Morgan fingerprint density at radius 1 is 1.11 bits per heavy atom. The van der Waals surface area contributed by atoms with Gasteiger partial charge in [-0.2, -0.15) is 5.10 Å². The molecule has 1 saturated carbocycles. The third-order valence-electron chi connectivity index (χ3n) is 6.71. The van der Waals surface area contributed by atoms with E-state index in [1.165, 1.54) is 6.42 Å². The van der Waals surface area contributed by atoms with Crippen molar-refractivity contribution in [1.29, 1.82) is 0 Å². The van der Waals surface area contributed by atoms with Gasteiger partial charge in [0.2, 0.25) is 0 Å². The maximum atomic E-state index is 13.0. The van der Waals surface area contributed by atoms with E-state index in [2.05, 4.69) is 31.2 Å². The second kappa shape index (κ2) is 10.1. The van der Waals surface area contributed by atoms with Crippen molar-refractivity contribution >= 4 is 11.9 Å². The summed E-state index contributed by atoms with van der Waals surface area (Å²) in [5, 5.41) is 7.79. The minimum absolute atomic E-state index is 0.0572. The van der Waals surface area contributed by atoms with Gasteiger partial charge < -0.3 is 10.1 Å². The first-order chi connectivity index (χ1) is 16.7. The molecule has 4 rings (SSSR count). The van der Waals surface area contributed by atoms with Crippen molar-refractivity contribution in [3.63, 3.8) is 0 Å². The van der Waals surface area contributed by atoms with E-state index in [-0.39, 0.29) is 29.7 Å². The highest BCUT2D eigenvalue weighted by Gasteiger charge is 2.32. The smallest absolute Gasteiger partial charge is 0.358 e. The van der Waals surface area contributed by atoms with Crippen LogP contribution in [0.25, 0.3) is 16.9 Å². The standard InChI is InChI=1S/C29H35N3O3/c1-6-35-28(34)25-16-26(24-10-8-7-9-20(24)3)32(31-25)23-13-11-21(12-14-23)27(33)30-22-15-19(2)17-29(4,5)18-22/h7-14,16,19,22H,6,15,17-18H2,1-5H3,(H,30,33)/t19-,22-/m1/s1. The molecule has 1 N–H and O–H groups in total. The van der Waals surface area contributed by atoms with E-state index in [0.717, 1.165) is 35.3 Å². The van der Waals surface area contributed by atoms with Crippen LogP contribution < -0.4 is 5.32 Å². The minimum atomic E-state index is -0.457. The van der Waals surface area contributed by atoms with Gasteiger partial charge in [-0.15, -0.1) is 0 Å².